The fourth-order valence-corrected chi connectivity index (χ4v) is 1.89. The maximum absolute atomic E-state index is 11.4. The lowest BCUT2D eigenvalue weighted by molar-refractivity contribution is -0.121. The van der Waals surface area contributed by atoms with Gasteiger partial charge in [-0.25, -0.2) is 4.98 Å². The molecular formula is C12H16BrN3O. The smallest absolute Gasteiger partial charge is 0.220 e. The third-order valence-corrected chi connectivity index (χ3v) is 3.21. The molecule has 1 aromatic rings. The maximum atomic E-state index is 11.4. The Hall–Kier alpha value is -1.10. The van der Waals surface area contributed by atoms with Crippen molar-refractivity contribution in [2.24, 2.45) is 0 Å². The summed E-state index contributed by atoms with van der Waals surface area (Å²) in [6, 6.07) is 4.27. The van der Waals surface area contributed by atoms with Gasteiger partial charge in [0.05, 0.1) is 4.47 Å². The van der Waals surface area contributed by atoms with Gasteiger partial charge in [-0.3, -0.25) is 4.79 Å². The predicted molar refractivity (Wildman–Crippen MR) is 70.8 cm³/mol. The maximum Gasteiger partial charge on any atom is 0.220 e. The molecule has 4 nitrogen and oxygen atoms in total. The molecule has 1 amide bonds. The number of halogens is 1. The van der Waals surface area contributed by atoms with Crippen LogP contribution in [0.2, 0.25) is 0 Å². The molecule has 1 saturated carbocycles. The number of hydrogen-bond acceptors (Lipinski definition) is 3. The van der Waals surface area contributed by atoms with E-state index in [1.807, 2.05) is 12.1 Å². The zero-order valence-corrected chi connectivity index (χ0v) is 11.2. The Morgan fingerprint density at radius 2 is 2.35 bits per heavy atom. The molecule has 0 spiro atoms. The van der Waals surface area contributed by atoms with Crippen molar-refractivity contribution in [3.63, 3.8) is 0 Å². The highest BCUT2D eigenvalue weighted by atomic mass is 79.9. The summed E-state index contributed by atoms with van der Waals surface area (Å²) < 4.78 is 0.947. The topological polar surface area (TPSA) is 54.0 Å². The Labute approximate surface area is 109 Å². The van der Waals surface area contributed by atoms with Crippen LogP contribution in [0.5, 0.6) is 0 Å². The minimum atomic E-state index is 0.161. The van der Waals surface area contributed by atoms with Crippen LogP contribution in [0.15, 0.2) is 22.8 Å². The standard InChI is InChI=1S/C12H16BrN3O/c13-10-3-1-7-14-12(10)15-8-2-4-11(17)16-9-5-6-9/h1,3,7,9H,2,4-6,8H2,(H,14,15)(H,16,17). The fraction of sp³-hybridized carbons (Fsp3) is 0.500. The monoisotopic (exact) mass is 297 g/mol. The van der Waals surface area contributed by atoms with Crippen LogP contribution < -0.4 is 10.6 Å². The van der Waals surface area contributed by atoms with Crippen molar-refractivity contribution < 1.29 is 4.79 Å². The number of nitrogens with one attached hydrogen (secondary N) is 2. The van der Waals surface area contributed by atoms with Gasteiger partial charge in [-0.1, -0.05) is 0 Å². The number of pyridine rings is 1. The number of amides is 1. The van der Waals surface area contributed by atoms with Crippen molar-refractivity contribution in [2.75, 3.05) is 11.9 Å². The van der Waals surface area contributed by atoms with Gasteiger partial charge < -0.3 is 10.6 Å². The van der Waals surface area contributed by atoms with Crippen molar-refractivity contribution in [3.8, 4) is 0 Å². The summed E-state index contributed by atoms with van der Waals surface area (Å²) in [7, 11) is 0. The average molecular weight is 298 g/mol. The van der Waals surface area contributed by atoms with Crippen LogP contribution in [-0.2, 0) is 4.79 Å². The van der Waals surface area contributed by atoms with Crippen molar-refractivity contribution in [2.45, 2.75) is 31.7 Å². The van der Waals surface area contributed by atoms with Crippen LogP contribution in [0.4, 0.5) is 5.82 Å². The van der Waals surface area contributed by atoms with E-state index < -0.39 is 0 Å². The Bertz CT molecular complexity index is 393. The normalized spacial score (nSPS) is 14.4. The van der Waals surface area contributed by atoms with Crippen LogP contribution in [0, 0.1) is 0 Å². The van der Waals surface area contributed by atoms with Crippen LogP contribution in [0.25, 0.3) is 0 Å². The first-order valence-electron chi connectivity index (χ1n) is 5.89. The zero-order chi connectivity index (χ0) is 12.1. The van der Waals surface area contributed by atoms with Gasteiger partial charge in [-0.2, -0.15) is 0 Å². The third-order valence-electron chi connectivity index (χ3n) is 2.57. The van der Waals surface area contributed by atoms with Crippen molar-refractivity contribution >= 4 is 27.7 Å². The minimum absolute atomic E-state index is 0.161. The first-order chi connectivity index (χ1) is 8.25. The first kappa shape index (κ1) is 12.4. The molecule has 0 saturated heterocycles. The highest BCUT2D eigenvalue weighted by Crippen LogP contribution is 2.19. The van der Waals surface area contributed by atoms with Crippen molar-refractivity contribution in [3.05, 3.63) is 22.8 Å². The van der Waals surface area contributed by atoms with Gasteiger partial charge in [-0.05, 0) is 47.3 Å². The number of aromatic nitrogens is 1. The minimum Gasteiger partial charge on any atom is -0.369 e. The van der Waals surface area contributed by atoms with Crippen LogP contribution in [-0.4, -0.2) is 23.5 Å². The summed E-state index contributed by atoms with van der Waals surface area (Å²) >= 11 is 3.41. The molecule has 1 fully saturated rings. The molecular weight excluding hydrogens is 282 g/mol. The molecule has 0 radical (unpaired) electrons. The molecule has 0 atom stereocenters. The predicted octanol–water partition coefficient (Wildman–Crippen LogP) is 2.31. The first-order valence-corrected chi connectivity index (χ1v) is 6.69. The Kier molecular flexibility index (Phi) is 4.36. The highest BCUT2D eigenvalue weighted by molar-refractivity contribution is 9.10. The summed E-state index contributed by atoms with van der Waals surface area (Å²) in [5.41, 5.74) is 0. The molecule has 0 bridgehead atoms. The molecule has 1 aliphatic carbocycles. The Morgan fingerprint density at radius 3 is 3.06 bits per heavy atom. The zero-order valence-electron chi connectivity index (χ0n) is 9.58. The highest BCUT2D eigenvalue weighted by Gasteiger charge is 2.22. The van der Waals surface area contributed by atoms with E-state index in [0.717, 1.165) is 36.1 Å². The molecule has 0 aliphatic heterocycles. The quantitative estimate of drug-likeness (QED) is 0.792. The van der Waals surface area contributed by atoms with Gasteiger partial charge in [0.1, 0.15) is 5.82 Å². The second-order valence-electron chi connectivity index (χ2n) is 4.21. The van der Waals surface area contributed by atoms with E-state index in [4.69, 9.17) is 0 Å². The molecule has 1 heterocycles. The van der Waals surface area contributed by atoms with E-state index in [1.165, 1.54) is 0 Å². The van der Waals surface area contributed by atoms with Crippen LogP contribution in [0.3, 0.4) is 0 Å². The van der Waals surface area contributed by atoms with E-state index in [9.17, 15) is 4.79 Å². The molecule has 0 aromatic carbocycles. The molecule has 1 aromatic heterocycles. The molecule has 92 valence electrons. The van der Waals surface area contributed by atoms with Crippen LogP contribution in [0.1, 0.15) is 25.7 Å². The van der Waals surface area contributed by atoms with E-state index in [0.29, 0.717) is 12.5 Å². The Morgan fingerprint density at radius 1 is 1.53 bits per heavy atom. The van der Waals surface area contributed by atoms with Gasteiger partial charge in [-0.15, -0.1) is 0 Å². The fourth-order valence-electron chi connectivity index (χ4n) is 1.50. The van der Waals surface area contributed by atoms with Gasteiger partial charge in [0.15, 0.2) is 0 Å². The molecule has 17 heavy (non-hydrogen) atoms. The van der Waals surface area contributed by atoms with Gasteiger partial charge >= 0.3 is 0 Å². The lowest BCUT2D eigenvalue weighted by Gasteiger charge is -2.07. The number of carbonyl (C=O) groups is 1. The largest absolute Gasteiger partial charge is 0.369 e. The summed E-state index contributed by atoms with van der Waals surface area (Å²) in [4.78, 5) is 15.6. The van der Waals surface area contributed by atoms with E-state index >= 15 is 0 Å². The summed E-state index contributed by atoms with van der Waals surface area (Å²) in [5.74, 6) is 0.990. The second kappa shape index (κ2) is 6.00. The van der Waals surface area contributed by atoms with Gasteiger partial charge in [0.2, 0.25) is 5.91 Å². The van der Waals surface area contributed by atoms with Crippen molar-refractivity contribution in [1.29, 1.82) is 0 Å². The molecule has 0 unspecified atom stereocenters. The summed E-state index contributed by atoms with van der Waals surface area (Å²) in [6.07, 6.45) is 5.43. The number of carbonyl (C=O) groups excluding carboxylic acids is 1. The lowest BCUT2D eigenvalue weighted by atomic mass is 10.3. The SMILES string of the molecule is O=C(CCCNc1ncccc1Br)NC1CC1. The number of hydrogen-bond donors (Lipinski definition) is 2. The number of nitrogens with zero attached hydrogens (tertiary/aromatic N) is 1. The van der Waals surface area contributed by atoms with E-state index in [2.05, 4.69) is 31.5 Å². The van der Waals surface area contributed by atoms with Gasteiger partial charge in [0.25, 0.3) is 0 Å². The molecule has 5 heteroatoms. The summed E-state index contributed by atoms with van der Waals surface area (Å²) in [6.45, 7) is 0.758. The second-order valence-corrected chi connectivity index (χ2v) is 5.06. The third kappa shape index (κ3) is 4.34. The van der Waals surface area contributed by atoms with E-state index in [-0.39, 0.29) is 5.91 Å². The Balaban J connectivity index is 1.62. The van der Waals surface area contributed by atoms with Gasteiger partial charge in [0, 0.05) is 25.2 Å². The molecule has 2 rings (SSSR count). The summed E-state index contributed by atoms with van der Waals surface area (Å²) in [5, 5.41) is 6.17. The number of rotatable bonds is 6. The molecule has 2 N–H and O–H groups in total. The lowest BCUT2D eigenvalue weighted by Crippen LogP contribution is -2.25. The van der Waals surface area contributed by atoms with E-state index in [1.54, 1.807) is 6.20 Å². The van der Waals surface area contributed by atoms with Crippen LogP contribution >= 0.6 is 15.9 Å². The molecule has 1 aliphatic rings. The average Bonchev–Trinajstić information content (AvgIpc) is 3.10. The van der Waals surface area contributed by atoms with Crippen molar-refractivity contribution in [1.82, 2.24) is 10.3 Å². The number of anilines is 1.